The Hall–Kier alpha value is -3.94. The molecule has 2 aliphatic heterocycles. The minimum atomic E-state index is -0.615. The highest BCUT2D eigenvalue weighted by Crippen LogP contribution is 2.82. The molecule has 0 saturated heterocycles. The average molecular weight is 547 g/mol. The van der Waals surface area contributed by atoms with Crippen molar-refractivity contribution in [2.75, 3.05) is 14.2 Å². The summed E-state index contributed by atoms with van der Waals surface area (Å²) in [6.45, 7) is 0. The van der Waals surface area contributed by atoms with Crippen LogP contribution in [-0.4, -0.2) is 36.1 Å². The van der Waals surface area contributed by atoms with E-state index in [0.29, 0.717) is 23.0 Å². The van der Waals surface area contributed by atoms with Gasteiger partial charge < -0.3 is 9.47 Å². The highest BCUT2D eigenvalue weighted by atomic mass is 16.5. The van der Waals surface area contributed by atoms with Crippen LogP contribution in [0.4, 0.5) is 0 Å². The molecule has 2 aromatic heterocycles. The summed E-state index contributed by atoms with van der Waals surface area (Å²) in [6, 6.07) is 12.2. The number of hydrogen-bond donors (Lipinski definition) is 0. The SMILES string of the molecule is COC(=O)C1=C(C(=O)OC)C2C=CC1C1C2C2C1C1(c3ccccn3)N=NC2(c2ccccn2)C2C3C=CC(C3)C21. The number of esters is 2. The molecule has 6 bridgehead atoms. The number of azo groups is 1. The van der Waals surface area contributed by atoms with E-state index in [0.717, 1.165) is 17.8 Å². The zero-order valence-corrected chi connectivity index (χ0v) is 22.8. The minimum Gasteiger partial charge on any atom is -0.466 e. The van der Waals surface area contributed by atoms with Gasteiger partial charge in [-0.2, -0.15) is 10.2 Å². The van der Waals surface area contributed by atoms with Crippen molar-refractivity contribution in [2.45, 2.75) is 17.5 Å². The molecular weight excluding hydrogens is 516 g/mol. The Balaban J connectivity index is 1.33. The number of ether oxygens (including phenoxy) is 2. The average Bonchev–Trinajstić information content (AvgIpc) is 3.66. The number of fused-ring (bicyclic) bond motifs is 2. The van der Waals surface area contributed by atoms with Gasteiger partial charge in [0.2, 0.25) is 0 Å². The first-order chi connectivity index (χ1) is 20.1. The van der Waals surface area contributed by atoms with E-state index in [1.807, 2.05) is 36.7 Å². The number of carbonyl (C=O) groups excluding carboxylic acids is 2. The Morgan fingerprint density at radius 1 is 0.683 bits per heavy atom. The first-order valence-electron chi connectivity index (χ1n) is 14.6. The fraction of sp³-hybridized carbons (Fsp3) is 0.455. The molecule has 0 radical (unpaired) electrons. The van der Waals surface area contributed by atoms with E-state index < -0.39 is 23.0 Å². The van der Waals surface area contributed by atoms with Gasteiger partial charge in [-0.1, -0.05) is 36.4 Å². The molecule has 8 nitrogen and oxygen atoms in total. The predicted molar refractivity (Wildman–Crippen MR) is 146 cm³/mol. The molecule has 4 heterocycles. The number of rotatable bonds is 4. The summed E-state index contributed by atoms with van der Waals surface area (Å²) < 4.78 is 10.5. The summed E-state index contributed by atoms with van der Waals surface area (Å²) in [5.41, 5.74) is 1.58. The molecule has 2 aromatic rings. The third-order valence-electron chi connectivity index (χ3n) is 11.8. The van der Waals surface area contributed by atoms with E-state index >= 15 is 0 Å². The molecule has 12 atom stereocenters. The Labute approximate surface area is 237 Å². The third-order valence-corrected chi connectivity index (χ3v) is 11.8. The van der Waals surface area contributed by atoms with Crippen molar-refractivity contribution in [1.82, 2.24) is 9.97 Å². The minimum absolute atomic E-state index is 0.0761. The lowest BCUT2D eigenvalue weighted by molar-refractivity contribution is -0.245. The van der Waals surface area contributed by atoms with Gasteiger partial charge in [-0.15, -0.1) is 0 Å². The van der Waals surface area contributed by atoms with Gasteiger partial charge in [-0.05, 0) is 54.4 Å². The maximum atomic E-state index is 13.3. The molecule has 3 saturated carbocycles. The molecule has 3 fully saturated rings. The van der Waals surface area contributed by atoms with Crippen LogP contribution in [0.25, 0.3) is 0 Å². The summed E-state index contributed by atoms with van der Waals surface area (Å²) in [7, 11) is 2.76. The van der Waals surface area contributed by atoms with Crippen LogP contribution in [0.2, 0.25) is 0 Å². The summed E-state index contributed by atoms with van der Waals surface area (Å²) in [4.78, 5) is 36.6. The Morgan fingerprint density at radius 3 is 1.54 bits per heavy atom. The van der Waals surface area contributed by atoms with Gasteiger partial charge in [0.25, 0.3) is 0 Å². The molecular formula is C33H30N4O4. The summed E-state index contributed by atoms with van der Waals surface area (Å²) in [5, 5.41) is 10.7. The Morgan fingerprint density at radius 2 is 1.15 bits per heavy atom. The second-order valence-corrected chi connectivity index (χ2v) is 12.7. The number of aromatic nitrogens is 2. The second-order valence-electron chi connectivity index (χ2n) is 12.7. The zero-order chi connectivity index (χ0) is 27.7. The fourth-order valence-corrected chi connectivity index (χ4v) is 10.9. The highest BCUT2D eigenvalue weighted by Gasteiger charge is 2.84. The van der Waals surface area contributed by atoms with E-state index in [-0.39, 0.29) is 47.3 Å². The zero-order valence-electron chi connectivity index (χ0n) is 22.8. The van der Waals surface area contributed by atoms with Gasteiger partial charge in [0.15, 0.2) is 0 Å². The molecule has 0 spiro atoms. The maximum absolute atomic E-state index is 13.3. The number of allylic oxidation sites excluding steroid dienone is 4. The Bertz CT molecular complexity index is 1500. The summed E-state index contributed by atoms with van der Waals surface area (Å²) >= 11 is 0. The van der Waals surface area contributed by atoms with Crippen LogP contribution in [0.5, 0.6) is 0 Å². The molecule has 0 amide bonds. The van der Waals surface area contributed by atoms with E-state index in [2.05, 4.69) is 36.4 Å². The van der Waals surface area contributed by atoms with Crippen LogP contribution < -0.4 is 0 Å². The normalized spacial score (nSPS) is 44.7. The number of nitrogens with zero attached hydrogens (tertiary/aromatic N) is 4. The quantitative estimate of drug-likeness (QED) is 0.416. The third kappa shape index (κ3) is 2.51. The molecule has 7 aliphatic carbocycles. The van der Waals surface area contributed by atoms with Crippen molar-refractivity contribution in [3.8, 4) is 0 Å². The van der Waals surface area contributed by atoms with E-state index in [4.69, 9.17) is 29.7 Å². The van der Waals surface area contributed by atoms with E-state index in [1.165, 1.54) is 14.2 Å². The molecule has 8 heteroatoms. The van der Waals surface area contributed by atoms with Crippen molar-refractivity contribution < 1.29 is 19.1 Å². The lowest BCUT2D eigenvalue weighted by Gasteiger charge is -2.75. The molecule has 41 heavy (non-hydrogen) atoms. The van der Waals surface area contributed by atoms with Crippen molar-refractivity contribution in [2.24, 2.45) is 69.4 Å². The van der Waals surface area contributed by atoms with Crippen LogP contribution in [0.3, 0.4) is 0 Å². The first kappa shape index (κ1) is 23.7. The van der Waals surface area contributed by atoms with Gasteiger partial charge >= 0.3 is 11.9 Å². The number of pyridine rings is 2. The van der Waals surface area contributed by atoms with Crippen LogP contribution in [-0.2, 0) is 30.1 Å². The molecule has 12 unspecified atom stereocenters. The number of methoxy groups -OCH3 is 2. The lowest BCUT2D eigenvalue weighted by atomic mass is 9.29. The summed E-state index contributed by atoms with van der Waals surface area (Å²) in [5.74, 6) is 0.0959. The largest absolute Gasteiger partial charge is 0.466 e. The highest BCUT2D eigenvalue weighted by molar-refractivity contribution is 6.02. The van der Waals surface area contributed by atoms with Crippen molar-refractivity contribution in [3.05, 3.63) is 95.6 Å². The van der Waals surface area contributed by atoms with Crippen LogP contribution in [0.15, 0.2) is 94.5 Å². The van der Waals surface area contributed by atoms with Crippen molar-refractivity contribution in [1.29, 1.82) is 0 Å². The number of carbonyl (C=O) groups is 2. The smallest absolute Gasteiger partial charge is 0.334 e. The van der Waals surface area contributed by atoms with Crippen molar-refractivity contribution in [3.63, 3.8) is 0 Å². The fourth-order valence-electron chi connectivity index (χ4n) is 10.9. The van der Waals surface area contributed by atoms with Gasteiger partial charge in [-0.3, -0.25) is 9.97 Å². The lowest BCUT2D eigenvalue weighted by Crippen LogP contribution is -2.77. The summed E-state index contributed by atoms with van der Waals surface area (Å²) in [6.07, 6.45) is 13.8. The van der Waals surface area contributed by atoms with E-state index in [9.17, 15) is 9.59 Å². The van der Waals surface area contributed by atoms with Crippen LogP contribution in [0, 0.1) is 59.2 Å². The molecule has 0 N–H and O–H groups in total. The Kier molecular flexibility index (Phi) is 4.55. The van der Waals surface area contributed by atoms with Gasteiger partial charge in [0.05, 0.1) is 36.8 Å². The topological polar surface area (TPSA) is 103 Å². The molecule has 0 aromatic carbocycles. The van der Waals surface area contributed by atoms with Crippen LogP contribution in [0.1, 0.15) is 17.8 Å². The molecule has 9 aliphatic rings. The van der Waals surface area contributed by atoms with Gasteiger partial charge in [0.1, 0.15) is 11.1 Å². The molecule has 206 valence electrons. The monoisotopic (exact) mass is 546 g/mol. The van der Waals surface area contributed by atoms with Crippen molar-refractivity contribution >= 4 is 11.9 Å². The predicted octanol–water partition coefficient (Wildman–Crippen LogP) is 4.42. The standard InChI is InChI=1S/C33H30N4O4/c1-40-30(38)24-18-11-12-19(25(24)31(39)41-2)23-22(18)28-29(23)33(21-8-4-6-14-35-21)27-17-10-9-16(15-17)26(27)32(28,36-37-33)20-7-3-5-13-34-20/h3-14,16-19,22-23,26-29H,15H2,1-2H3. The molecule has 11 rings (SSSR count). The van der Waals surface area contributed by atoms with Gasteiger partial charge in [-0.25, -0.2) is 9.59 Å². The van der Waals surface area contributed by atoms with E-state index in [1.54, 1.807) is 0 Å². The van der Waals surface area contributed by atoms with Crippen LogP contribution >= 0.6 is 0 Å². The second kappa shape index (κ2) is 7.87. The number of hydrogen-bond acceptors (Lipinski definition) is 8. The first-order valence-corrected chi connectivity index (χ1v) is 14.6. The maximum Gasteiger partial charge on any atom is 0.334 e. The van der Waals surface area contributed by atoms with Gasteiger partial charge in [0, 0.05) is 47.9 Å².